The number of phenols is 6. The molecule has 6 aromatic carbocycles. The Morgan fingerprint density at radius 1 is 0.298 bits per heavy atom. The third-order valence-electron chi connectivity index (χ3n) is 26.7. The van der Waals surface area contributed by atoms with E-state index in [0.717, 1.165) is 205 Å². The number of hydrogen-bond donors (Lipinski definition) is 6. The molecule has 2 unspecified atom stereocenters. The minimum Gasteiger partial charge on any atom is -0.507 e. The SMILES string of the molecule is CCC(C)(C)c1cc(CCCOC(=O)OC(C)(C)C)cc(Cc2cc(CCCOC(=O)OC(C)(C)C)cc(C(C)(C)CC)c2O)c1O.CCC(C)(C)c1cc(CCCOC(C)=O)cc(Cc2cc(CCCOC(C)=O)cc(C(C)(C)CC)c2O)c1O.CCC(C)(C)c1cc(CCCOC2CCCCO2)cc(Cc2cc(CCCOC3CCCCO3)cc(C(C)(C)CC)c2O)c1O. The second kappa shape index (κ2) is 50.7. The van der Waals surface area contributed by atoms with Gasteiger partial charge in [0.1, 0.15) is 45.7 Å². The summed E-state index contributed by atoms with van der Waals surface area (Å²) in [5.74, 6) is 1.11. The maximum Gasteiger partial charge on any atom is 0.508 e. The van der Waals surface area contributed by atoms with E-state index in [1.54, 1.807) is 41.5 Å². The lowest BCUT2D eigenvalue weighted by atomic mass is 9.78. The molecule has 732 valence electrons. The second-order valence-corrected chi connectivity index (χ2v) is 42.1. The number of carbonyl (C=O) groups excluding carboxylic acids is 4. The van der Waals surface area contributed by atoms with Crippen LogP contribution < -0.4 is 0 Å². The first-order chi connectivity index (χ1) is 61.3. The molecule has 2 aliphatic heterocycles. The monoisotopic (exact) mass is 1820 g/mol. The normalized spacial score (nSPS) is 14.8. The predicted octanol–water partition coefficient (Wildman–Crippen LogP) is 25.9. The van der Waals surface area contributed by atoms with Crippen molar-refractivity contribution in [1.29, 1.82) is 0 Å². The van der Waals surface area contributed by atoms with Crippen molar-refractivity contribution in [2.24, 2.45) is 0 Å². The van der Waals surface area contributed by atoms with Crippen molar-refractivity contribution in [3.63, 3.8) is 0 Å². The first-order valence-electron chi connectivity index (χ1n) is 48.9. The number of ether oxygens (including phenoxy) is 10. The lowest BCUT2D eigenvalue weighted by molar-refractivity contribution is -0.162. The number of phenolic OH excluding ortho intramolecular Hbond substituents is 6. The molecule has 2 fully saturated rings. The minimum absolute atomic E-state index is 0.0762. The van der Waals surface area contributed by atoms with Gasteiger partial charge in [-0.1, -0.05) is 197 Å². The van der Waals surface area contributed by atoms with Crippen LogP contribution in [-0.2, 0) is 147 Å². The Bertz CT molecular complexity index is 4340. The highest BCUT2D eigenvalue weighted by atomic mass is 16.7. The van der Waals surface area contributed by atoms with Gasteiger partial charge < -0.3 is 78.0 Å². The van der Waals surface area contributed by atoms with Crippen molar-refractivity contribution in [1.82, 2.24) is 0 Å². The predicted molar refractivity (Wildman–Crippen MR) is 524 cm³/mol. The largest absolute Gasteiger partial charge is 0.508 e. The summed E-state index contributed by atoms with van der Waals surface area (Å²) in [6.45, 7) is 56.1. The van der Waals surface area contributed by atoms with Crippen LogP contribution >= 0.6 is 0 Å². The minimum atomic E-state index is -0.686. The Kier molecular flexibility index (Phi) is 43.0. The maximum atomic E-state index is 12.0. The van der Waals surface area contributed by atoms with Gasteiger partial charge in [-0.05, 0) is 295 Å². The van der Waals surface area contributed by atoms with E-state index in [1.807, 2.05) is 36.4 Å². The molecule has 2 heterocycles. The molecule has 20 nitrogen and oxygen atoms in total. The molecular weight excluding hydrogens is 1650 g/mol. The van der Waals surface area contributed by atoms with E-state index in [9.17, 15) is 49.8 Å². The van der Waals surface area contributed by atoms with E-state index in [2.05, 4.69) is 161 Å². The zero-order valence-corrected chi connectivity index (χ0v) is 85.2. The Balaban J connectivity index is 0.000000304. The van der Waals surface area contributed by atoms with Crippen LogP contribution in [0, 0.1) is 0 Å². The fourth-order valence-electron chi connectivity index (χ4n) is 16.2. The summed E-state index contributed by atoms with van der Waals surface area (Å²) in [6.07, 6.45) is 20.1. The van der Waals surface area contributed by atoms with Gasteiger partial charge in [0.05, 0.1) is 39.6 Å². The zero-order valence-electron chi connectivity index (χ0n) is 85.2. The number of rotatable bonds is 44. The Morgan fingerprint density at radius 3 is 0.672 bits per heavy atom. The van der Waals surface area contributed by atoms with Gasteiger partial charge in [0.2, 0.25) is 0 Å². The molecule has 0 aliphatic carbocycles. The van der Waals surface area contributed by atoms with Gasteiger partial charge in [-0.25, -0.2) is 9.59 Å². The van der Waals surface area contributed by atoms with Crippen LogP contribution in [0.5, 0.6) is 34.5 Å². The molecule has 131 heavy (non-hydrogen) atoms. The van der Waals surface area contributed by atoms with E-state index in [4.69, 9.17) is 47.4 Å². The van der Waals surface area contributed by atoms with Gasteiger partial charge in [-0.3, -0.25) is 9.59 Å². The van der Waals surface area contributed by atoms with Gasteiger partial charge in [0.25, 0.3) is 0 Å². The molecule has 0 bridgehead atoms. The van der Waals surface area contributed by atoms with Gasteiger partial charge in [0, 0.05) is 79.7 Å². The lowest BCUT2D eigenvalue weighted by Gasteiger charge is -2.28. The highest BCUT2D eigenvalue weighted by Gasteiger charge is 2.34. The molecule has 8 rings (SSSR count). The molecule has 6 N–H and O–H groups in total. The van der Waals surface area contributed by atoms with Crippen molar-refractivity contribution in [2.45, 2.75) is 410 Å². The van der Waals surface area contributed by atoms with Crippen molar-refractivity contribution in [2.75, 3.05) is 52.9 Å². The van der Waals surface area contributed by atoms with E-state index < -0.39 is 23.5 Å². The summed E-state index contributed by atoms with van der Waals surface area (Å²) in [7, 11) is 0. The number of carbonyl (C=O) groups is 4. The summed E-state index contributed by atoms with van der Waals surface area (Å²) in [5.41, 5.74) is 14.1. The molecule has 0 radical (unpaired) electrons. The first-order valence-corrected chi connectivity index (χ1v) is 48.9. The summed E-state index contributed by atoms with van der Waals surface area (Å²) in [4.78, 5) is 46.4. The van der Waals surface area contributed by atoms with E-state index in [0.29, 0.717) is 109 Å². The summed E-state index contributed by atoms with van der Waals surface area (Å²) < 4.78 is 54.8. The van der Waals surface area contributed by atoms with Crippen molar-refractivity contribution < 1.29 is 97.2 Å². The third kappa shape index (κ3) is 35.3. The fourth-order valence-corrected chi connectivity index (χ4v) is 16.2. The zero-order chi connectivity index (χ0) is 97.6. The number of aromatic hydroxyl groups is 6. The molecular formula is C111H168O20. The molecule has 0 amide bonds. The van der Waals surface area contributed by atoms with Gasteiger partial charge in [-0.15, -0.1) is 0 Å². The first kappa shape index (κ1) is 111. The van der Waals surface area contributed by atoms with Crippen LogP contribution in [0.2, 0.25) is 0 Å². The second-order valence-electron chi connectivity index (χ2n) is 42.1. The summed E-state index contributed by atoms with van der Waals surface area (Å²) in [5, 5.41) is 69.4. The molecule has 2 saturated heterocycles. The van der Waals surface area contributed by atoms with Gasteiger partial charge in [0.15, 0.2) is 12.6 Å². The van der Waals surface area contributed by atoms with Crippen LogP contribution in [0.25, 0.3) is 0 Å². The molecule has 20 heteroatoms. The Hall–Kier alpha value is -8.56. The van der Waals surface area contributed by atoms with E-state index >= 15 is 0 Å². The molecule has 0 spiro atoms. The van der Waals surface area contributed by atoms with Crippen molar-refractivity contribution >= 4 is 24.2 Å². The highest BCUT2D eigenvalue weighted by molar-refractivity contribution is 5.66. The smallest absolute Gasteiger partial charge is 0.507 e. The third-order valence-corrected chi connectivity index (χ3v) is 26.7. The topological polar surface area (TPSA) is 282 Å². The van der Waals surface area contributed by atoms with Crippen LogP contribution in [0.1, 0.15) is 396 Å². The van der Waals surface area contributed by atoms with Crippen molar-refractivity contribution in [3.8, 4) is 34.5 Å². The number of hydrogen-bond acceptors (Lipinski definition) is 20. The standard InChI is InChI=1S/C39H60O8.C39H60O6.C33H48O6/c1-13-38(9,10)30-23-26(17-15-19-44-34(42)46-36(3,4)5)21-28(32(30)40)25-29-22-27(24-31(33(29)41)39(11,12)14-2)18-16-20-45-35(43)47-37(6,7)8;1-7-38(3,4)32-25-28(15-13-21-44-34-17-9-11-19-42-34)23-30(36(32)40)27-31-24-29(26-33(37(31)41)39(5,6)8-2)16-14-22-45-35-18-10-12-20-43-35;1-9-32(5,6)28-19-24(13-11-15-38-22(3)34)17-26(30(28)36)21-27-18-25(14-12-16-39-23(4)35)20-29(31(27)37)33(7,8)10-2/h21-24,40-41H,13-20,25H2,1-12H3;23-26,34-35,40-41H,7-22,27H2,1-6H3;17-20,36-37H,9-16,21H2,1-8H3. The fraction of sp³-hybridized carbons (Fsp3) is 0.640. The quantitative estimate of drug-likeness (QED) is 0.0118. The number of aryl methyl sites for hydroxylation is 6. The van der Waals surface area contributed by atoms with E-state index in [1.165, 1.54) is 25.0 Å². The highest BCUT2D eigenvalue weighted by Crippen LogP contribution is 2.47. The maximum absolute atomic E-state index is 12.0. The van der Waals surface area contributed by atoms with E-state index in [-0.39, 0.29) is 93.2 Å². The Morgan fingerprint density at radius 2 is 0.496 bits per heavy atom. The molecule has 2 atom stereocenters. The van der Waals surface area contributed by atoms with Crippen LogP contribution in [-0.4, -0.2) is 132 Å². The average Bonchev–Trinajstić information content (AvgIpc) is 0.783. The van der Waals surface area contributed by atoms with Gasteiger partial charge >= 0.3 is 24.2 Å². The molecule has 0 aromatic heterocycles. The van der Waals surface area contributed by atoms with Gasteiger partial charge in [-0.2, -0.15) is 0 Å². The number of benzene rings is 6. The van der Waals surface area contributed by atoms with Crippen LogP contribution in [0.15, 0.2) is 72.8 Å². The summed E-state index contributed by atoms with van der Waals surface area (Å²) >= 11 is 0. The Labute approximate surface area is 787 Å². The molecule has 0 saturated carbocycles. The van der Waals surface area contributed by atoms with Crippen LogP contribution in [0.3, 0.4) is 0 Å². The number of esters is 2. The van der Waals surface area contributed by atoms with Crippen LogP contribution in [0.4, 0.5) is 9.59 Å². The summed E-state index contributed by atoms with van der Waals surface area (Å²) in [6, 6.07) is 24.8. The molecule has 6 aromatic rings. The van der Waals surface area contributed by atoms with Crippen molar-refractivity contribution in [3.05, 3.63) is 173 Å². The molecule has 2 aliphatic rings. The lowest BCUT2D eigenvalue weighted by Crippen LogP contribution is -2.24. The average molecular weight is 1820 g/mol.